The molecule has 4 rings (SSSR count). The van der Waals surface area contributed by atoms with E-state index in [0.29, 0.717) is 23.4 Å². The summed E-state index contributed by atoms with van der Waals surface area (Å²) in [5, 5.41) is 39.8. The van der Waals surface area contributed by atoms with Crippen molar-refractivity contribution in [2.45, 2.75) is 50.4 Å². The maximum atomic E-state index is 10.3. The summed E-state index contributed by atoms with van der Waals surface area (Å²) in [7, 11) is 0. The standard InChI is InChI=1S/C21H19ClN4O2/c22-15-8-6-14(7-9-15)17-19(11-23,12-24)20(13-25)16-5-3-1-2-4-10-21(16,27-17)28-18(20)26/h6-9,16-17,26H,1-5,10H2. The lowest BCUT2D eigenvalue weighted by Crippen LogP contribution is -2.59. The molecular formula is C21H19ClN4O2. The predicted octanol–water partition coefficient (Wildman–Crippen LogP) is 4.63. The zero-order valence-corrected chi connectivity index (χ0v) is 16.0. The third-order valence-corrected chi connectivity index (χ3v) is 6.74. The van der Waals surface area contributed by atoms with E-state index >= 15 is 0 Å². The van der Waals surface area contributed by atoms with E-state index in [1.165, 1.54) is 0 Å². The number of benzene rings is 1. The fraction of sp³-hybridized carbons (Fsp3) is 0.524. The van der Waals surface area contributed by atoms with Crippen LogP contribution in [0.1, 0.15) is 50.2 Å². The van der Waals surface area contributed by atoms with Crippen molar-refractivity contribution in [2.75, 3.05) is 0 Å². The fourth-order valence-electron chi connectivity index (χ4n) is 5.15. The number of hydrogen-bond acceptors (Lipinski definition) is 6. The van der Waals surface area contributed by atoms with Crippen molar-refractivity contribution < 1.29 is 9.47 Å². The van der Waals surface area contributed by atoms with Gasteiger partial charge in [0.1, 0.15) is 6.10 Å². The van der Waals surface area contributed by atoms with Gasteiger partial charge in [-0.2, -0.15) is 15.8 Å². The third kappa shape index (κ3) is 2.18. The quantitative estimate of drug-likeness (QED) is 0.745. The van der Waals surface area contributed by atoms with Crippen molar-refractivity contribution in [3.05, 3.63) is 34.9 Å². The molecule has 2 bridgehead atoms. The first-order valence-electron chi connectivity index (χ1n) is 9.45. The van der Waals surface area contributed by atoms with Crippen molar-refractivity contribution in [1.82, 2.24) is 0 Å². The van der Waals surface area contributed by atoms with E-state index in [9.17, 15) is 15.8 Å². The second-order valence-corrected chi connectivity index (χ2v) is 8.19. The fourth-order valence-corrected chi connectivity index (χ4v) is 5.28. The zero-order chi connectivity index (χ0) is 20.0. The number of nitrogens with one attached hydrogen (secondary N) is 1. The maximum Gasteiger partial charge on any atom is 0.217 e. The number of ether oxygens (including phenoxy) is 2. The third-order valence-electron chi connectivity index (χ3n) is 6.49. The Bertz CT molecular complexity index is 927. The Balaban J connectivity index is 1.97. The average molecular weight is 395 g/mol. The van der Waals surface area contributed by atoms with Gasteiger partial charge in [0.15, 0.2) is 5.41 Å². The number of hydrogen-bond donors (Lipinski definition) is 1. The van der Waals surface area contributed by atoms with Crippen molar-refractivity contribution in [3.63, 3.8) is 0 Å². The number of nitriles is 3. The summed E-state index contributed by atoms with van der Waals surface area (Å²) in [6.07, 6.45) is 3.79. The largest absolute Gasteiger partial charge is 0.447 e. The van der Waals surface area contributed by atoms with Crippen LogP contribution in [-0.4, -0.2) is 11.7 Å². The van der Waals surface area contributed by atoms with Gasteiger partial charge in [-0.05, 0) is 30.5 Å². The molecule has 1 aliphatic carbocycles. The molecule has 1 N–H and O–H groups in total. The van der Waals surface area contributed by atoms with Gasteiger partial charge in [-0.3, -0.25) is 5.41 Å². The molecule has 7 heteroatoms. The lowest BCUT2D eigenvalue weighted by molar-refractivity contribution is -0.289. The van der Waals surface area contributed by atoms with Gasteiger partial charge < -0.3 is 9.47 Å². The van der Waals surface area contributed by atoms with Gasteiger partial charge in [0, 0.05) is 11.4 Å². The van der Waals surface area contributed by atoms with E-state index in [2.05, 4.69) is 18.2 Å². The Hall–Kier alpha value is -2.59. The summed E-state index contributed by atoms with van der Waals surface area (Å²) in [5.41, 5.74) is -2.99. The van der Waals surface area contributed by atoms with Crippen molar-refractivity contribution in [2.24, 2.45) is 16.7 Å². The van der Waals surface area contributed by atoms with Crippen LogP contribution in [0.15, 0.2) is 24.3 Å². The van der Waals surface area contributed by atoms with Gasteiger partial charge in [-0.1, -0.05) is 43.0 Å². The van der Waals surface area contributed by atoms with Gasteiger partial charge in [0.05, 0.1) is 24.1 Å². The van der Waals surface area contributed by atoms with E-state index in [0.717, 1.165) is 25.7 Å². The molecule has 1 saturated carbocycles. The van der Waals surface area contributed by atoms with Crippen LogP contribution >= 0.6 is 11.6 Å². The van der Waals surface area contributed by atoms with E-state index < -0.39 is 28.6 Å². The second kappa shape index (κ2) is 6.49. The molecule has 2 heterocycles. The van der Waals surface area contributed by atoms with Crippen molar-refractivity contribution in [3.8, 4) is 18.2 Å². The summed E-state index contributed by atoms with van der Waals surface area (Å²) >= 11 is 6.00. The zero-order valence-electron chi connectivity index (χ0n) is 15.2. The molecule has 4 unspecified atom stereocenters. The van der Waals surface area contributed by atoms with E-state index in [-0.39, 0.29) is 5.90 Å². The number of rotatable bonds is 1. The van der Waals surface area contributed by atoms with Gasteiger partial charge in [0.25, 0.3) is 0 Å². The molecule has 0 amide bonds. The smallest absolute Gasteiger partial charge is 0.217 e. The molecule has 0 spiro atoms. The first-order valence-corrected chi connectivity index (χ1v) is 9.82. The highest BCUT2D eigenvalue weighted by molar-refractivity contribution is 6.30. The molecule has 28 heavy (non-hydrogen) atoms. The first kappa shape index (κ1) is 18.8. The van der Waals surface area contributed by atoms with E-state index in [1.54, 1.807) is 24.3 Å². The minimum absolute atomic E-state index is 0.318. The summed E-state index contributed by atoms with van der Waals surface area (Å²) < 4.78 is 12.4. The molecule has 1 aromatic carbocycles. The number of nitrogens with zero attached hydrogens (tertiary/aromatic N) is 3. The minimum Gasteiger partial charge on any atom is -0.447 e. The first-order chi connectivity index (χ1) is 13.5. The van der Waals surface area contributed by atoms with E-state index in [4.69, 9.17) is 26.5 Å². The van der Waals surface area contributed by atoms with Gasteiger partial charge in [0.2, 0.25) is 17.1 Å². The van der Waals surface area contributed by atoms with Crippen LogP contribution in [0.3, 0.4) is 0 Å². The van der Waals surface area contributed by atoms with Crippen molar-refractivity contribution in [1.29, 1.82) is 21.2 Å². The van der Waals surface area contributed by atoms with Crippen LogP contribution < -0.4 is 0 Å². The van der Waals surface area contributed by atoms with Crippen LogP contribution in [0.2, 0.25) is 5.02 Å². The Labute approximate surface area is 168 Å². The number of halogens is 1. The molecule has 2 saturated heterocycles. The molecular weight excluding hydrogens is 376 g/mol. The summed E-state index contributed by atoms with van der Waals surface area (Å²) in [6.45, 7) is 0. The topological polar surface area (TPSA) is 114 Å². The summed E-state index contributed by atoms with van der Waals surface area (Å²) in [4.78, 5) is 0. The van der Waals surface area contributed by atoms with Gasteiger partial charge >= 0.3 is 0 Å². The van der Waals surface area contributed by atoms with Crippen LogP contribution in [0, 0.1) is 56.2 Å². The SMILES string of the molecule is N#CC1(C#N)C(c2ccc(Cl)cc2)OC23CCCCCCC2C1(C#N)C(=N)O3. The molecule has 2 aliphatic heterocycles. The second-order valence-electron chi connectivity index (χ2n) is 7.75. The lowest BCUT2D eigenvalue weighted by atomic mass is 9.52. The highest BCUT2D eigenvalue weighted by Crippen LogP contribution is 2.68. The van der Waals surface area contributed by atoms with Gasteiger partial charge in [-0.25, -0.2) is 0 Å². The van der Waals surface area contributed by atoms with Crippen LogP contribution in [0.5, 0.6) is 0 Å². The average Bonchev–Trinajstić information content (AvgIpc) is 2.86. The normalized spacial score (nSPS) is 35.9. The molecule has 0 radical (unpaired) electrons. The molecule has 3 aliphatic rings. The summed E-state index contributed by atoms with van der Waals surface area (Å²) in [6, 6.07) is 13.1. The Morgan fingerprint density at radius 3 is 2.32 bits per heavy atom. The van der Waals surface area contributed by atoms with Crippen LogP contribution in [0.25, 0.3) is 0 Å². The van der Waals surface area contributed by atoms with Crippen LogP contribution in [-0.2, 0) is 9.47 Å². The predicted molar refractivity (Wildman–Crippen MR) is 99.7 cm³/mol. The Morgan fingerprint density at radius 2 is 1.68 bits per heavy atom. The highest BCUT2D eigenvalue weighted by atomic mass is 35.5. The molecule has 6 nitrogen and oxygen atoms in total. The van der Waals surface area contributed by atoms with E-state index in [1.807, 2.05) is 0 Å². The molecule has 1 aromatic rings. The Kier molecular flexibility index (Phi) is 4.35. The summed E-state index contributed by atoms with van der Waals surface area (Å²) in [5.74, 6) is -2.00. The van der Waals surface area contributed by atoms with Crippen LogP contribution in [0.4, 0.5) is 0 Å². The Morgan fingerprint density at radius 1 is 1.00 bits per heavy atom. The lowest BCUT2D eigenvalue weighted by Gasteiger charge is -2.50. The minimum atomic E-state index is -1.89. The van der Waals surface area contributed by atoms with Gasteiger partial charge in [-0.15, -0.1) is 0 Å². The van der Waals surface area contributed by atoms with Crippen molar-refractivity contribution >= 4 is 17.5 Å². The highest BCUT2D eigenvalue weighted by Gasteiger charge is 2.79. The molecule has 3 fully saturated rings. The maximum absolute atomic E-state index is 10.3. The molecule has 0 aromatic heterocycles. The molecule has 142 valence electrons. The molecule has 4 atom stereocenters. The monoisotopic (exact) mass is 394 g/mol.